The van der Waals surface area contributed by atoms with Crippen molar-refractivity contribution in [2.24, 2.45) is 0 Å². The third kappa shape index (κ3) is 3.40. The monoisotopic (exact) mass is 346 g/mol. The van der Waals surface area contributed by atoms with Gasteiger partial charge in [-0.3, -0.25) is 4.79 Å². The van der Waals surface area contributed by atoms with Crippen molar-refractivity contribution >= 4 is 34.2 Å². The van der Waals surface area contributed by atoms with E-state index in [1.54, 1.807) is 7.11 Å². The number of ether oxygens (including phenoxy) is 1. The highest BCUT2D eigenvalue weighted by molar-refractivity contribution is 14.1. The van der Waals surface area contributed by atoms with Gasteiger partial charge < -0.3 is 15.4 Å². The summed E-state index contributed by atoms with van der Waals surface area (Å²) in [5, 5.41) is 6.05. The molecule has 1 aliphatic rings. The zero-order valence-corrected chi connectivity index (χ0v) is 11.7. The molecule has 92 valence electrons. The van der Waals surface area contributed by atoms with Gasteiger partial charge in [0, 0.05) is 22.9 Å². The maximum Gasteiger partial charge on any atom is 0.241 e. The Hall–Kier alpha value is -0.660. The molecule has 0 aliphatic carbocycles. The van der Waals surface area contributed by atoms with Gasteiger partial charge in [-0.25, -0.2) is 0 Å². The Morgan fingerprint density at radius 3 is 2.76 bits per heavy atom. The lowest BCUT2D eigenvalue weighted by atomic mass is 10.2. The van der Waals surface area contributed by atoms with Crippen molar-refractivity contribution in [3.8, 4) is 0 Å². The Morgan fingerprint density at radius 2 is 2.18 bits per heavy atom. The molecular formula is C12H15IN2O2. The molecule has 1 aromatic rings. The summed E-state index contributed by atoms with van der Waals surface area (Å²) >= 11 is 2.23. The largest absolute Gasteiger partial charge is 0.380 e. The molecule has 1 saturated heterocycles. The van der Waals surface area contributed by atoms with Crippen LogP contribution in [0, 0.1) is 3.57 Å². The second kappa shape index (κ2) is 5.79. The van der Waals surface area contributed by atoms with Crippen LogP contribution in [0.15, 0.2) is 24.3 Å². The minimum atomic E-state index is -0.153. The van der Waals surface area contributed by atoms with Crippen LogP contribution in [0.3, 0.4) is 0 Å². The average Bonchev–Trinajstić information content (AvgIpc) is 2.81. The van der Waals surface area contributed by atoms with E-state index >= 15 is 0 Å². The van der Waals surface area contributed by atoms with Crippen LogP contribution < -0.4 is 10.6 Å². The third-order valence-corrected chi connectivity index (χ3v) is 3.57. The molecule has 0 radical (unpaired) electrons. The number of carbonyl (C=O) groups excluding carboxylic acids is 1. The molecule has 0 spiro atoms. The predicted molar refractivity (Wildman–Crippen MR) is 75.0 cm³/mol. The van der Waals surface area contributed by atoms with E-state index in [0.29, 0.717) is 0 Å². The van der Waals surface area contributed by atoms with Crippen LogP contribution in [0.1, 0.15) is 6.42 Å². The number of anilines is 1. The Kier molecular flexibility index (Phi) is 4.36. The van der Waals surface area contributed by atoms with E-state index in [2.05, 4.69) is 33.2 Å². The Bertz CT molecular complexity index is 394. The summed E-state index contributed by atoms with van der Waals surface area (Å²) in [6.45, 7) is 0.737. The topological polar surface area (TPSA) is 50.4 Å². The zero-order valence-electron chi connectivity index (χ0n) is 9.57. The van der Waals surface area contributed by atoms with Crippen molar-refractivity contribution in [2.75, 3.05) is 19.0 Å². The van der Waals surface area contributed by atoms with Crippen LogP contribution in [0.5, 0.6) is 0 Å². The fraction of sp³-hybridized carbons (Fsp3) is 0.417. The maximum atomic E-state index is 11.9. The lowest BCUT2D eigenvalue weighted by molar-refractivity contribution is -0.118. The van der Waals surface area contributed by atoms with Crippen molar-refractivity contribution in [1.29, 1.82) is 0 Å². The van der Waals surface area contributed by atoms with Gasteiger partial charge in [-0.15, -0.1) is 0 Å². The quantitative estimate of drug-likeness (QED) is 0.818. The van der Waals surface area contributed by atoms with E-state index in [1.165, 1.54) is 0 Å². The minimum Gasteiger partial charge on any atom is -0.380 e. The average molecular weight is 346 g/mol. The highest BCUT2D eigenvalue weighted by Crippen LogP contribution is 2.14. The molecule has 1 heterocycles. The summed E-state index contributed by atoms with van der Waals surface area (Å²) in [7, 11) is 1.67. The Morgan fingerprint density at radius 1 is 1.47 bits per heavy atom. The smallest absolute Gasteiger partial charge is 0.241 e. The summed E-state index contributed by atoms with van der Waals surface area (Å²) in [6, 6.07) is 7.59. The van der Waals surface area contributed by atoms with E-state index in [0.717, 1.165) is 22.2 Å². The number of hydrogen-bond donors (Lipinski definition) is 2. The summed E-state index contributed by atoms with van der Waals surface area (Å²) < 4.78 is 6.37. The van der Waals surface area contributed by atoms with Gasteiger partial charge in [0.05, 0.1) is 12.1 Å². The molecule has 0 saturated carbocycles. The molecule has 0 aromatic heterocycles. The molecule has 5 heteroatoms. The van der Waals surface area contributed by atoms with Gasteiger partial charge >= 0.3 is 0 Å². The fourth-order valence-corrected chi connectivity index (χ4v) is 2.20. The minimum absolute atomic E-state index is 0.00533. The highest BCUT2D eigenvalue weighted by atomic mass is 127. The van der Waals surface area contributed by atoms with Crippen LogP contribution in [0.2, 0.25) is 0 Å². The number of carbonyl (C=O) groups is 1. The van der Waals surface area contributed by atoms with Gasteiger partial charge in [-0.2, -0.15) is 0 Å². The number of halogens is 1. The van der Waals surface area contributed by atoms with Gasteiger partial charge in [-0.05, 0) is 53.3 Å². The summed E-state index contributed by atoms with van der Waals surface area (Å²) in [5.74, 6) is 0.00533. The molecule has 2 atom stereocenters. The van der Waals surface area contributed by atoms with Crippen LogP contribution in [-0.4, -0.2) is 31.7 Å². The van der Waals surface area contributed by atoms with Gasteiger partial charge in [-0.1, -0.05) is 0 Å². The summed E-state index contributed by atoms with van der Waals surface area (Å²) in [6.07, 6.45) is 0.870. The Labute approximate surface area is 114 Å². The lowest BCUT2D eigenvalue weighted by Crippen LogP contribution is -2.35. The number of methoxy groups -OCH3 is 1. The number of hydrogen-bond acceptors (Lipinski definition) is 3. The molecule has 4 nitrogen and oxygen atoms in total. The summed E-state index contributed by atoms with van der Waals surface area (Å²) in [5.41, 5.74) is 0.832. The van der Waals surface area contributed by atoms with Crippen LogP contribution >= 0.6 is 22.6 Å². The molecule has 1 aromatic carbocycles. The number of benzene rings is 1. The first kappa shape index (κ1) is 12.8. The van der Waals surface area contributed by atoms with E-state index in [4.69, 9.17) is 4.74 Å². The van der Waals surface area contributed by atoms with Crippen molar-refractivity contribution in [3.63, 3.8) is 0 Å². The molecule has 2 N–H and O–H groups in total. The number of rotatable bonds is 3. The van der Waals surface area contributed by atoms with Crippen LogP contribution in [-0.2, 0) is 9.53 Å². The van der Waals surface area contributed by atoms with E-state index in [1.807, 2.05) is 24.3 Å². The third-order valence-electron chi connectivity index (χ3n) is 2.85. The number of nitrogens with one attached hydrogen (secondary N) is 2. The molecule has 0 bridgehead atoms. The first-order valence-corrected chi connectivity index (χ1v) is 6.59. The van der Waals surface area contributed by atoms with Gasteiger partial charge in [0.25, 0.3) is 0 Å². The number of amides is 1. The van der Waals surface area contributed by atoms with Gasteiger partial charge in [0.1, 0.15) is 0 Å². The van der Waals surface area contributed by atoms with E-state index in [-0.39, 0.29) is 18.1 Å². The molecule has 1 aliphatic heterocycles. The first-order chi connectivity index (χ1) is 8.19. The predicted octanol–water partition coefficient (Wildman–Crippen LogP) is 1.61. The SMILES string of the molecule is COC1CNC(C(=O)Nc2ccc(I)cc2)C1. The lowest BCUT2D eigenvalue weighted by Gasteiger charge is -2.11. The van der Waals surface area contributed by atoms with Crippen LogP contribution in [0.25, 0.3) is 0 Å². The maximum absolute atomic E-state index is 11.9. The first-order valence-electron chi connectivity index (χ1n) is 5.51. The standard InChI is InChI=1S/C12H15IN2O2/c1-17-10-6-11(14-7-10)12(16)15-9-4-2-8(13)3-5-9/h2-5,10-11,14H,6-7H2,1H3,(H,15,16). The van der Waals surface area contributed by atoms with Crippen molar-refractivity contribution in [3.05, 3.63) is 27.8 Å². The van der Waals surface area contributed by atoms with Crippen molar-refractivity contribution in [1.82, 2.24) is 5.32 Å². The molecular weight excluding hydrogens is 331 g/mol. The van der Waals surface area contributed by atoms with Crippen molar-refractivity contribution in [2.45, 2.75) is 18.6 Å². The normalized spacial score (nSPS) is 23.6. The van der Waals surface area contributed by atoms with E-state index in [9.17, 15) is 4.79 Å². The van der Waals surface area contributed by atoms with E-state index < -0.39 is 0 Å². The van der Waals surface area contributed by atoms with Crippen molar-refractivity contribution < 1.29 is 9.53 Å². The molecule has 17 heavy (non-hydrogen) atoms. The molecule has 1 amide bonds. The van der Waals surface area contributed by atoms with Gasteiger partial charge in [0.2, 0.25) is 5.91 Å². The Balaban J connectivity index is 1.91. The second-order valence-electron chi connectivity index (χ2n) is 4.05. The molecule has 1 fully saturated rings. The summed E-state index contributed by atoms with van der Waals surface area (Å²) in [4.78, 5) is 11.9. The fourth-order valence-electron chi connectivity index (χ4n) is 1.85. The molecule has 2 unspecified atom stereocenters. The zero-order chi connectivity index (χ0) is 12.3. The van der Waals surface area contributed by atoms with Crippen LogP contribution in [0.4, 0.5) is 5.69 Å². The highest BCUT2D eigenvalue weighted by Gasteiger charge is 2.29. The second-order valence-corrected chi connectivity index (χ2v) is 5.30. The molecule has 2 rings (SSSR count). The van der Waals surface area contributed by atoms with Gasteiger partial charge in [0.15, 0.2) is 0 Å².